The van der Waals surface area contributed by atoms with Crippen LogP contribution in [0.25, 0.3) is 10.9 Å². The van der Waals surface area contributed by atoms with E-state index in [1.54, 1.807) is 24.4 Å². The number of anilines is 1. The first-order chi connectivity index (χ1) is 23.9. The molecular formula is C38H37FN4O7. The first-order valence-corrected chi connectivity index (χ1v) is 16.8. The van der Waals surface area contributed by atoms with Crippen LogP contribution in [0.5, 0.6) is 0 Å². The molecule has 0 radical (unpaired) electrons. The topological polar surface area (TPSA) is 178 Å². The van der Waals surface area contributed by atoms with E-state index in [-0.39, 0.29) is 51.4 Å². The number of hydrogen-bond acceptors (Lipinski definition) is 5. The molecule has 4 aromatic rings. The van der Waals surface area contributed by atoms with Gasteiger partial charge in [-0.25, -0.2) is 14.0 Å². The van der Waals surface area contributed by atoms with Gasteiger partial charge in [0.15, 0.2) is 0 Å². The maximum Gasteiger partial charge on any atom is 0.335 e. The maximum absolute atomic E-state index is 14.3. The lowest BCUT2D eigenvalue weighted by Crippen LogP contribution is -2.51. The predicted molar refractivity (Wildman–Crippen MR) is 182 cm³/mol. The average Bonchev–Trinajstić information content (AvgIpc) is 3.54. The van der Waals surface area contributed by atoms with Crippen molar-refractivity contribution in [1.29, 1.82) is 0 Å². The standard InChI is InChI=1S/C38H37FN4O7/c39-27-3-1-2-23(10-27)31(35(46)43-28-11-25(36(47)48)9-26(12-28)37(49)50)18-41-33(44)29-13-24-4-5-40-32(24)14-30(29)34(45)42-19-38-15-20-6-21(16-38)8-22(7-20)17-38/h1-5,9-14,20-22,31,40H,6-8,15-19H2,(H,41,44)(H,42,45)(H,43,46)(H,47,48)(H,49,50). The van der Waals surface area contributed by atoms with Gasteiger partial charge in [0.25, 0.3) is 11.8 Å². The molecule has 4 saturated carbocycles. The number of hydrogen-bond donors (Lipinski definition) is 6. The molecule has 4 aliphatic carbocycles. The van der Waals surface area contributed by atoms with Gasteiger partial charge < -0.3 is 31.1 Å². The number of aromatic amines is 1. The molecule has 12 heteroatoms. The summed E-state index contributed by atoms with van der Waals surface area (Å²) in [6, 6.07) is 13.5. The molecule has 3 amide bonds. The fraction of sp³-hybridized carbons (Fsp3) is 0.342. The third-order valence-corrected chi connectivity index (χ3v) is 10.7. The second kappa shape index (κ2) is 13.1. The number of halogens is 1. The van der Waals surface area contributed by atoms with E-state index >= 15 is 0 Å². The first kappa shape index (κ1) is 33.0. The van der Waals surface area contributed by atoms with Crippen LogP contribution in [0.2, 0.25) is 0 Å². The van der Waals surface area contributed by atoms with Gasteiger partial charge >= 0.3 is 11.9 Å². The summed E-state index contributed by atoms with van der Waals surface area (Å²) in [5.74, 6) is -4.16. The summed E-state index contributed by atoms with van der Waals surface area (Å²) < 4.78 is 14.3. The van der Waals surface area contributed by atoms with Crippen LogP contribution < -0.4 is 16.0 Å². The third kappa shape index (κ3) is 6.70. The molecule has 50 heavy (non-hydrogen) atoms. The summed E-state index contributed by atoms with van der Waals surface area (Å²) in [7, 11) is 0. The average molecular weight is 681 g/mol. The van der Waals surface area contributed by atoms with Gasteiger partial charge in [0.1, 0.15) is 5.82 Å². The molecule has 6 N–H and O–H groups in total. The zero-order valence-corrected chi connectivity index (χ0v) is 27.1. The van der Waals surface area contributed by atoms with Gasteiger partial charge in [-0.1, -0.05) is 12.1 Å². The molecule has 0 spiro atoms. The summed E-state index contributed by atoms with van der Waals surface area (Å²) in [6.07, 6.45) is 8.91. The van der Waals surface area contributed by atoms with Crippen molar-refractivity contribution in [2.45, 2.75) is 44.4 Å². The van der Waals surface area contributed by atoms with E-state index in [0.717, 1.165) is 61.3 Å². The monoisotopic (exact) mass is 680 g/mol. The van der Waals surface area contributed by atoms with Crippen LogP contribution >= 0.6 is 0 Å². The van der Waals surface area contributed by atoms with Crippen LogP contribution in [0.3, 0.4) is 0 Å². The minimum absolute atomic E-state index is 0.0874. The van der Waals surface area contributed by atoms with Crippen molar-refractivity contribution in [3.63, 3.8) is 0 Å². The number of carboxylic acids is 2. The minimum Gasteiger partial charge on any atom is -0.478 e. The Bertz CT molecular complexity index is 1970. The van der Waals surface area contributed by atoms with Gasteiger partial charge in [-0.15, -0.1) is 0 Å². The lowest BCUT2D eigenvalue weighted by molar-refractivity contribution is -0.117. The van der Waals surface area contributed by atoms with Crippen LogP contribution in [-0.4, -0.2) is 57.9 Å². The molecule has 258 valence electrons. The number of benzene rings is 3. The molecule has 0 saturated heterocycles. The fourth-order valence-electron chi connectivity index (χ4n) is 8.90. The van der Waals surface area contributed by atoms with Crippen molar-refractivity contribution in [2.24, 2.45) is 23.2 Å². The second-order valence-corrected chi connectivity index (χ2v) is 14.3. The van der Waals surface area contributed by atoms with Gasteiger partial charge in [-0.2, -0.15) is 0 Å². The molecule has 1 aromatic heterocycles. The van der Waals surface area contributed by atoms with Crippen LogP contribution in [-0.2, 0) is 4.79 Å². The number of rotatable bonds is 11. The molecule has 8 rings (SSSR count). The highest BCUT2D eigenvalue weighted by molar-refractivity contribution is 6.10. The van der Waals surface area contributed by atoms with Gasteiger partial charge in [0, 0.05) is 35.9 Å². The Morgan fingerprint density at radius 3 is 2.04 bits per heavy atom. The minimum atomic E-state index is -1.39. The summed E-state index contributed by atoms with van der Waals surface area (Å²) in [5, 5.41) is 28.1. The molecule has 1 atom stereocenters. The highest BCUT2D eigenvalue weighted by Gasteiger charge is 2.50. The van der Waals surface area contributed by atoms with E-state index in [9.17, 15) is 38.6 Å². The van der Waals surface area contributed by atoms with Crippen molar-refractivity contribution in [1.82, 2.24) is 15.6 Å². The van der Waals surface area contributed by atoms with Gasteiger partial charge in [-0.3, -0.25) is 14.4 Å². The zero-order chi connectivity index (χ0) is 35.2. The lowest BCUT2D eigenvalue weighted by Gasteiger charge is -2.56. The van der Waals surface area contributed by atoms with Crippen molar-refractivity contribution in [3.8, 4) is 0 Å². The lowest BCUT2D eigenvalue weighted by atomic mass is 9.49. The zero-order valence-electron chi connectivity index (χ0n) is 27.1. The van der Waals surface area contributed by atoms with E-state index in [1.807, 2.05) is 0 Å². The Morgan fingerprint density at radius 2 is 1.42 bits per heavy atom. The number of carbonyl (C=O) groups excluding carboxylic acids is 3. The normalized spacial score (nSPS) is 22.5. The number of carboxylic acid groups (broad SMARTS) is 2. The molecule has 11 nitrogen and oxygen atoms in total. The van der Waals surface area contributed by atoms with Gasteiger partial charge in [-0.05, 0) is 116 Å². The van der Waals surface area contributed by atoms with Crippen molar-refractivity contribution in [3.05, 3.63) is 100 Å². The molecule has 1 unspecified atom stereocenters. The number of amides is 3. The van der Waals surface area contributed by atoms with Crippen molar-refractivity contribution < 1.29 is 38.6 Å². The third-order valence-electron chi connectivity index (χ3n) is 10.7. The summed E-state index contributed by atoms with van der Waals surface area (Å²) in [5.41, 5.74) is 0.461. The second-order valence-electron chi connectivity index (χ2n) is 14.3. The number of H-pyrrole nitrogens is 1. The van der Waals surface area contributed by atoms with Crippen LogP contribution in [0, 0.1) is 29.0 Å². The molecule has 3 aromatic carbocycles. The van der Waals surface area contributed by atoms with Crippen molar-refractivity contribution >= 4 is 46.3 Å². The first-order valence-electron chi connectivity index (χ1n) is 16.8. The highest BCUT2D eigenvalue weighted by Crippen LogP contribution is 2.59. The Balaban J connectivity index is 1.12. The fourth-order valence-corrected chi connectivity index (χ4v) is 8.90. The smallest absolute Gasteiger partial charge is 0.335 e. The summed E-state index contributed by atoms with van der Waals surface area (Å²) in [6.45, 7) is 0.228. The van der Waals surface area contributed by atoms with Crippen LogP contribution in [0.4, 0.5) is 10.1 Å². The number of aromatic carboxylic acids is 2. The van der Waals surface area contributed by atoms with E-state index in [1.165, 1.54) is 37.5 Å². The molecule has 0 aliphatic heterocycles. The Morgan fingerprint density at radius 1 is 0.800 bits per heavy atom. The quantitative estimate of drug-likeness (QED) is 0.116. The SMILES string of the molecule is O=C(O)c1cc(NC(=O)C(CNC(=O)c2cc3cc[nH]c3cc2C(=O)NCC23CC4CC(CC(C4)C2)C3)c2cccc(F)c2)cc(C(=O)O)c1. The highest BCUT2D eigenvalue weighted by atomic mass is 19.1. The van der Waals surface area contributed by atoms with E-state index in [0.29, 0.717) is 17.4 Å². The summed E-state index contributed by atoms with van der Waals surface area (Å²) >= 11 is 0. The predicted octanol–water partition coefficient (Wildman–Crippen LogP) is 5.80. The number of aromatic nitrogens is 1. The molecule has 4 aliphatic rings. The van der Waals surface area contributed by atoms with Gasteiger partial charge in [0.05, 0.1) is 28.2 Å². The van der Waals surface area contributed by atoms with E-state index in [2.05, 4.69) is 20.9 Å². The molecule has 4 bridgehead atoms. The van der Waals surface area contributed by atoms with Crippen LogP contribution in [0.1, 0.15) is 91.4 Å². The molecule has 1 heterocycles. The largest absolute Gasteiger partial charge is 0.478 e. The summed E-state index contributed by atoms with van der Waals surface area (Å²) in [4.78, 5) is 67.6. The van der Waals surface area contributed by atoms with Gasteiger partial charge in [0.2, 0.25) is 5.91 Å². The van der Waals surface area contributed by atoms with E-state index < -0.39 is 35.5 Å². The van der Waals surface area contributed by atoms with Crippen LogP contribution in [0.15, 0.2) is 66.9 Å². The Kier molecular flexibility index (Phi) is 8.63. The van der Waals surface area contributed by atoms with E-state index in [4.69, 9.17) is 0 Å². The molecule has 4 fully saturated rings. The van der Waals surface area contributed by atoms with Crippen molar-refractivity contribution in [2.75, 3.05) is 18.4 Å². The number of nitrogens with one attached hydrogen (secondary N) is 4. The number of carbonyl (C=O) groups is 5. The number of fused-ring (bicyclic) bond motifs is 1. The Labute approximate surface area is 286 Å². The molecular weight excluding hydrogens is 643 g/mol. The maximum atomic E-state index is 14.3. The Hall–Kier alpha value is -5.52.